The van der Waals surface area contributed by atoms with Crippen molar-refractivity contribution in [2.45, 2.75) is 44.4 Å². The molecule has 0 radical (unpaired) electrons. The van der Waals surface area contributed by atoms with Crippen molar-refractivity contribution in [1.29, 1.82) is 0 Å². The number of benzene rings is 3. The van der Waals surface area contributed by atoms with Crippen molar-refractivity contribution in [3.8, 4) is 11.8 Å². The molecule has 0 saturated carbocycles. The Hall–Kier alpha value is -3.89. The van der Waals surface area contributed by atoms with E-state index in [4.69, 9.17) is 0 Å². The Labute approximate surface area is 206 Å². The lowest BCUT2D eigenvalue weighted by atomic mass is 10.1. The highest BCUT2D eigenvalue weighted by Crippen LogP contribution is 2.22. The van der Waals surface area contributed by atoms with E-state index in [0.29, 0.717) is 12.0 Å². The summed E-state index contributed by atoms with van der Waals surface area (Å²) in [7, 11) is -4.13. The maximum absolute atomic E-state index is 12.8. The van der Waals surface area contributed by atoms with Crippen LogP contribution in [0.25, 0.3) is 0 Å². The molecular formula is C28H28N2O4S. The van der Waals surface area contributed by atoms with Crippen LogP contribution >= 0.6 is 0 Å². The molecule has 0 aliphatic carbocycles. The minimum Gasteiger partial charge on any atom is -0.321 e. The first-order valence-corrected chi connectivity index (χ1v) is 12.9. The standard InChI is InChI=1S/C28H28N2O4S/c1-3-4-5-13-27(31)30-35(33,34)26-12-7-6-11-25(26)29-28(32)24-18-16-22(17-19-24)14-15-23-10-8-9-21(2)20-23/h6-12,16-20H,3-5,13H2,1-2H3,(H,29,32)(H,30,31). The molecule has 0 bridgehead atoms. The summed E-state index contributed by atoms with van der Waals surface area (Å²) in [6.45, 7) is 4.00. The van der Waals surface area contributed by atoms with Crippen LogP contribution in [0.1, 0.15) is 59.7 Å². The van der Waals surface area contributed by atoms with Gasteiger partial charge in [-0.15, -0.1) is 0 Å². The van der Waals surface area contributed by atoms with Crippen molar-refractivity contribution >= 4 is 27.5 Å². The zero-order chi connectivity index (χ0) is 25.3. The highest BCUT2D eigenvalue weighted by molar-refractivity contribution is 7.90. The summed E-state index contributed by atoms with van der Waals surface area (Å²) in [5.41, 5.74) is 3.22. The summed E-state index contributed by atoms with van der Waals surface area (Å²) in [4.78, 5) is 24.7. The summed E-state index contributed by atoms with van der Waals surface area (Å²) >= 11 is 0. The van der Waals surface area contributed by atoms with Crippen molar-refractivity contribution < 1.29 is 18.0 Å². The van der Waals surface area contributed by atoms with Crippen LogP contribution in [0.4, 0.5) is 5.69 Å². The van der Waals surface area contributed by atoms with Gasteiger partial charge >= 0.3 is 0 Å². The van der Waals surface area contributed by atoms with Crippen LogP contribution in [0.5, 0.6) is 0 Å². The Morgan fingerprint density at radius 1 is 0.857 bits per heavy atom. The monoisotopic (exact) mass is 488 g/mol. The van der Waals surface area contributed by atoms with E-state index in [2.05, 4.69) is 21.9 Å². The van der Waals surface area contributed by atoms with Gasteiger partial charge in [-0.3, -0.25) is 9.59 Å². The number of anilines is 1. The van der Waals surface area contributed by atoms with Gasteiger partial charge in [-0.25, -0.2) is 13.1 Å². The molecule has 0 unspecified atom stereocenters. The van der Waals surface area contributed by atoms with Gasteiger partial charge in [-0.05, 0) is 67.4 Å². The molecule has 0 fully saturated rings. The summed E-state index contributed by atoms with van der Waals surface area (Å²) < 4.78 is 27.6. The average molecular weight is 489 g/mol. The molecule has 3 aromatic rings. The normalized spacial score (nSPS) is 10.7. The quantitative estimate of drug-likeness (QED) is 0.344. The number of hydrogen-bond acceptors (Lipinski definition) is 4. The van der Waals surface area contributed by atoms with Crippen molar-refractivity contribution in [2.75, 3.05) is 5.32 Å². The molecule has 0 spiro atoms. The van der Waals surface area contributed by atoms with E-state index in [1.165, 1.54) is 18.2 Å². The highest BCUT2D eigenvalue weighted by Gasteiger charge is 2.22. The van der Waals surface area contributed by atoms with E-state index in [1.54, 1.807) is 30.3 Å². The molecule has 3 aromatic carbocycles. The number of para-hydroxylation sites is 1. The molecule has 180 valence electrons. The number of hydrogen-bond donors (Lipinski definition) is 2. The Bertz CT molecular complexity index is 1370. The lowest BCUT2D eigenvalue weighted by Crippen LogP contribution is -2.31. The molecule has 7 heteroatoms. The lowest BCUT2D eigenvalue weighted by molar-refractivity contribution is -0.119. The number of carbonyl (C=O) groups is 2. The molecule has 35 heavy (non-hydrogen) atoms. The molecule has 0 atom stereocenters. The minimum absolute atomic E-state index is 0.0923. The van der Waals surface area contributed by atoms with Gasteiger partial charge in [0.15, 0.2) is 0 Å². The summed E-state index contributed by atoms with van der Waals surface area (Å²) in [6.07, 6.45) is 2.51. The number of carbonyl (C=O) groups excluding carboxylic acids is 2. The fourth-order valence-corrected chi connectivity index (χ4v) is 4.54. The molecule has 0 aliphatic heterocycles. The maximum atomic E-state index is 12.8. The third kappa shape index (κ3) is 7.56. The molecule has 0 aromatic heterocycles. The second kappa shape index (κ2) is 12.0. The second-order valence-corrected chi connectivity index (χ2v) is 9.78. The number of sulfonamides is 1. The van der Waals surface area contributed by atoms with Crippen LogP contribution < -0.4 is 10.0 Å². The molecule has 0 heterocycles. The maximum Gasteiger partial charge on any atom is 0.266 e. The lowest BCUT2D eigenvalue weighted by Gasteiger charge is -2.12. The summed E-state index contributed by atoms with van der Waals surface area (Å²) in [6, 6.07) is 20.6. The van der Waals surface area contributed by atoms with Gasteiger partial charge in [0.2, 0.25) is 5.91 Å². The molecule has 6 nitrogen and oxygen atoms in total. The first-order chi connectivity index (χ1) is 16.8. The van der Waals surface area contributed by atoms with E-state index < -0.39 is 21.8 Å². The highest BCUT2D eigenvalue weighted by atomic mass is 32.2. The number of amides is 2. The van der Waals surface area contributed by atoms with E-state index in [1.807, 2.05) is 38.1 Å². The van der Waals surface area contributed by atoms with Crippen LogP contribution in [0.15, 0.2) is 77.7 Å². The van der Waals surface area contributed by atoms with Crippen LogP contribution in [-0.4, -0.2) is 20.2 Å². The van der Waals surface area contributed by atoms with Gasteiger partial charge in [-0.2, -0.15) is 0 Å². The largest absolute Gasteiger partial charge is 0.321 e. The molecule has 2 N–H and O–H groups in total. The van der Waals surface area contributed by atoms with E-state index in [-0.39, 0.29) is 17.0 Å². The van der Waals surface area contributed by atoms with Gasteiger partial charge < -0.3 is 5.32 Å². The number of aryl methyl sites for hydroxylation is 1. The van der Waals surface area contributed by atoms with Crippen molar-refractivity contribution in [3.63, 3.8) is 0 Å². The first-order valence-electron chi connectivity index (χ1n) is 11.4. The third-order valence-corrected chi connectivity index (χ3v) is 6.63. The molecular weight excluding hydrogens is 460 g/mol. The molecule has 0 saturated heterocycles. The summed E-state index contributed by atoms with van der Waals surface area (Å²) in [5.74, 6) is 5.12. The molecule has 3 rings (SSSR count). The van der Waals surface area contributed by atoms with Crippen LogP contribution in [0, 0.1) is 18.8 Å². The average Bonchev–Trinajstić information content (AvgIpc) is 2.83. The van der Waals surface area contributed by atoms with Gasteiger partial charge in [0.25, 0.3) is 15.9 Å². The topological polar surface area (TPSA) is 92.3 Å². The fourth-order valence-electron chi connectivity index (χ4n) is 3.36. The van der Waals surface area contributed by atoms with Gasteiger partial charge in [0, 0.05) is 23.1 Å². The predicted octanol–water partition coefficient (Wildman–Crippen LogP) is 5.03. The van der Waals surface area contributed by atoms with Gasteiger partial charge in [0.1, 0.15) is 4.90 Å². The van der Waals surface area contributed by atoms with Crippen molar-refractivity contribution in [3.05, 3.63) is 95.1 Å². The molecule has 0 aliphatic rings. The second-order valence-electron chi connectivity index (χ2n) is 8.13. The Morgan fingerprint density at radius 3 is 2.29 bits per heavy atom. The van der Waals surface area contributed by atoms with Crippen LogP contribution in [0.3, 0.4) is 0 Å². The fraction of sp³-hybridized carbons (Fsp3) is 0.214. The van der Waals surface area contributed by atoms with Crippen molar-refractivity contribution in [2.24, 2.45) is 0 Å². The van der Waals surface area contributed by atoms with E-state index in [9.17, 15) is 18.0 Å². The number of unbranched alkanes of at least 4 members (excludes halogenated alkanes) is 2. The number of nitrogens with one attached hydrogen (secondary N) is 2. The smallest absolute Gasteiger partial charge is 0.266 e. The van der Waals surface area contributed by atoms with Crippen molar-refractivity contribution in [1.82, 2.24) is 4.72 Å². The van der Waals surface area contributed by atoms with Gasteiger partial charge in [-0.1, -0.05) is 55.9 Å². The Kier molecular flexibility index (Phi) is 8.82. The first kappa shape index (κ1) is 25.7. The minimum atomic E-state index is -4.13. The Morgan fingerprint density at radius 2 is 1.57 bits per heavy atom. The summed E-state index contributed by atoms with van der Waals surface area (Å²) in [5, 5.41) is 2.64. The van der Waals surface area contributed by atoms with E-state index >= 15 is 0 Å². The number of rotatable bonds is 8. The predicted molar refractivity (Wildman–Crippen MR) is 137 cm³/mol. The third-order valence-electron chi connectivity index (χ3n) is 5.20. The van der Waals surface area contributed by atoms with Crippen LogP contribution in [-0.2, 0) is 14.8 Å². The van der Waals surface area contributed by atoms with Gasteiger partial charge in [0.05, 0.1) is 5.69 Å². The zero-order valence-corrected chi connectivity index (χ0v) is 20.6. The van der Waals surface area contributed by atoms with E-state index in [0.717, 1.165) is 29.5 Å². The van der Waals surface area contributed by atoms with Crippen LogP contribution in [0.2, 0.25) is 0 Å². The SMILES string of the molecule is CCCCCC(=O)NS(=O)(=O)c1ccccc1NC(=O)c1ccc(C#Cc2cccc(C)c2)cc1. The molecule has 2 amide bonds. The Balaban J connectivity index is 1.71. The zero-order valence-electron chi connectivity index (χ0n) is 19.8.